The van der Waals surface area contributed by atoms with E-state index >= 15 is 0 Å². The molecule has 1 aromatic heterocycles. The lowest BCUT2D eigenvalue weighted by atomic mass is 10.0. The summed E-state index contributed by atoms with van der Waals surface area (Å²) in [5.41, 5.74) is 2.21. The van der Waals surface area contributed by atoms with Crippen LogP contribution >= 0.6 is 22.9 Å². The van der Waals surface area contributed by atoms with Gasteiger partial charge in [0.2, 0.25) is 10.0 Å². The van der Waals surface area contributed by atoms with Crippen LogP contribution in [0.2, 0.25) is 5.02 Å². The maximum absolute atomic E-state index is 13.9. The van der Waals surface area contributed by atoms with Gasteiger partial charge in [0.15, 0.2) is 5.13 Å². The predicted octanol–water partition coefficient (Wildman–Crippen LogP) is 5.19. The normalized spacial score (nSPS) is 19.4. The van der Waals surface area contributed by atoms with Crippen LogP contribution < -0.4 is 4.90 Å². The Hall–Kier alpha value is -2.08. The summed E-state index contributed by atoms with van der Waals surface area (Å²) in [6, 6.07) is 10.1. The number of benzene rings is 2. The Labute approximate surface area is 239 Å². The number of carbonyl (C=O) groups excluding carboxylic acids is 1. The van der Waals surface area contributed by atoms with Crippen LogP contribution in [0.1, 0.15) is 48.5 Å². The molecule has 5 rings (SSSR count). The van der Waals surface area contributed by atoms with Gasteiger partial charge in [-0.2, -0.15) is 4.31 Å². The number of sulfonamides is 1. The maximum atomic E-state index is 13.9. The topological polar surface area (TPSA) is 83.1 Å². The molecule has 2 fully saturated rings. The van der Waals surface area contributed by atoms with Crippen molar-refractivity contribution in [1.82, 2.24) is 14.2 Å². The number of piperidine rings is 1. The Kier molecular flexibility index (Phi) is 8.90. The number of hydrogen-bond acceptors (Lipinski definition) is 7. The lowest BCUT2D eigenvalue weighted by Gasteiger charge is -2.34. The molecule has 2 aromatic carbocycles. The monoisotopic (exact) mass is 590 g/mol. The van der Waals surface area contributed by atoms with Crippen LogP contribution in [-0.4, -0.2) is 80.5 Å². The third kappa shape index (κ3) is 6.16. The number of halogens is 1. The first-order chi connectivity index (χ1) is 18.8. The van der Waals surface area contributed by atoms with Gasteiger partial charge in [0.05, 0.1) is 28.3 Å². The zero-order chi connectivity index (χ0) is 27.6. The zero-order valence-electron chi connectivity index (χ0n) is 22.4. The van der Waals surface area contributed by atoms with Crippen molar-refractivity contribution in [1.29, 1.82) is 0 Å². The molecule has 3 heterocycles. The van der Waals surface area contributed by atoms with Crippen molar-refractivity contribution in [2.45, 2.75) is 50.5 Å². The van der Waals surface area contributed by atoms with Gasteiger partial charge in [0.1, 0.15) is 0 Å². The first kappa shape index (κ1) is 28.4. The number of carbonyl (C=O) groups is 1. The van der Waals surface area contributed by atoms with E-state index in [9.17, 15) is 13.2 Å². The number of rotatable bonds is 8. The first-order valence-electron chi connectivity index (χ1n) is 13.6. The molecule has 8 nitrogen and oxygen atoms in total. The summed E-state index contributed by atoms with van der Waals surface area (Å²) in [7, 11) is -3.62. The van der Waals surface area contributed by atoms with E-state index in [1.54, 1.807) is 33.5 Å². The number of thiazole rings is 1. The van der Waals surface area contributed by atoms with Crippen LogP contribution in [0.4, 0.5) is 5.13 Å². The summed E-state index contributed by atoms with van der Waals surface area (Å²) < 4.78 is 34.9. The summed E-state index contributed by atoms with van der Waals surface area (Å²) in [4.78, 5) is 22.9. The molecular weight excluding hydrogens is 556 g/mol. The summed E-state index contributed by atoms with van der Waals surface area (Å²) in [6.07, 6.45) is 3.60. The second-order valence-corrected chi connectivity index (χ2v) is 13.5. The Balaban J connectivity index is 1.42. The van der Waals surface area contributed by atoms with Crippen molar-refractivity contribution >= 4 is 54.2 Å². The highest BCUT2D eigenvalue weighted by Crippen LogP contribution is 2.34. The number of hydrogen-bond donors (Lipinski definition) is 0. The molecule has 210 valence electrons. The molecule has 2 aliphatic heterocycles. The molecule has 3 aromatic rings. The fraction of sp³-hybridized carbons (Fsp3) is 0.500. The number of morpholine rings is 1. The van der Waals surface area contributed by atoms with Gasteiger partial charge in [-0.15, -0.1) is 0 Å². The highest BCUT2D eigenvalue weighted by atomic mass is 35.5. The number of ether oxygens (including phenoxy) is 1. The van der Waals surface area contributed by atoms with Crippen molar-refractivity contribution in [2.75, 3.05) is 50.8 Å². The minimum Gasteiger partial charge on any atom is -0.379 e. The molecule has 0 aliphatic carbocycles. The number of fused-ring (bicyclic) bond motifs is 1. The molecule has 0 bridgehead atoms. The number of anilines is 1. The number of nitrogens with zero attached hydrogens (tertiary/aromatic N) is 4. The number of aromatic nitrogens is 1. The summed E-state index contributed by atoms with van der Waals surface area (Å²) >= 11 is 7.72. The highest BCUT2D eigenvalue weighted by molar-refractivity contribution is 7.89. The van der Waals surface area contributed by atoms with Crippen LogP contribution in [0.25, 0.3) is 10.2 Å². The van der Waals surface area contributed by atoms with E-state index in [1.165, 1.54) is 11.3 Å². The highest BCUT2D eigenvalue weighted by Gasteiger charge is 2.33. The van der Waals surface area contributed by atoms with Crippen molar-refractivity contribution in [3.05, 3.63) is 52.5 Å². The summed E-state index contributed by atoms with van der Waals surface area (Å²) in [5.74, 6) is -0.209. The fourth-order valence-electron chi connectivity index (χ4n) is 5.37. The SMILES string of the molecule is CCC1CCCCN1S(=O)(=O)c1ccc(C(=O)N(CCN2CCOCC2)c2nc3c(C)cc(Cl)cc3s2)cc1. The van der Waals surface area contributed by atoms with Gasteiger partial charge in [-0.25, -0.2) is 13.4 Å². The van der Waals surface area contributed by atoms with Gasteiger partial charge in [-0.1, -0.05) is 36.3 Å². The van der Waals surface area contributed by atoms with Gasteiger partial charge < -0.3 is 4.74 Å². The van der Waals surface area contributed by atoms with E-state index in [0.29, 0.717) is 48.6 Å². The second-order valence-electron chi connectivity index (χ2n) is 10.2. The molecule has 1 amide bonds. The van der Waals surface area contributed by atoms with Crippen LogP contribution in [0.3, 0.4) is 0 Å². The van der Waals surface area contributed by atoms with Gasteiger partial charge >= 0.3 is 0 Å². The minimum atomic E-state index is -3.62. The van der Waals surface area contributed by atoms with Crippen molar-refractivity contribution < 1.29 is 17.9 Å². The second kappa shape index (κ2) is 12.2. The van der Waals surface area contributed by atoms with Gasteiger partial charge in [0.25, 0.3) is 5.91 Å². The van der Waals surface area contributed by atoms with E-state index in [4.69, 9.17) is 21.3 Å². The third-order valence-corrected chi connectivity index (χ3v) is 10.8. The molecule has 0 saturated carbocycles. The Bertz CT molecular complexity index is 1420. The average molecular weight is 591 g/mol. The molecule has 11 heteroatoms. The van der Waals surface area contributed by atoms with Gasteiger partial charge in [-0.05, 0) is 68.1 Å². The Morgan fingerprint density at radius 2 is 1.90 bits per heavy atom. The third-order valence-electron chi connectivity index (χ3n) is 7.61. The average Bonchev–Trinajstić information content (AvgIpc) is 3.37. The lowest BCUT2D eigenvalue weighted by molar-refractivity contribution is 0.0391. The van der Waals surface area contributed by atoms with E-state index in [2.05, 4.69) is 4.90 Å². The molecule has 0 spiro atoms. The van der Waals surface area contributed by atoms with E-state index < -0.39 is 10.0 Å². The van der Waals surface area contributed by atoms with Gasteiger partial charge in [-0.3, -0.25) is 14.6 Å². The molecule has 1 atom stereocenters. The quantitative estimate of drug-likeness (QED) is 0.359. The first-order valence-corrected chi connectivity index (χ1v) is 16.2. The zero-order valence-corrected chi connectivity index (χ0v) is 24.8. The fourth-order valence-corrected chi connectivity index (χ4v) is 8.58. The standard InChI is InChI=1S/C28H35ClN4O4S2/c1-3-23-6-4-5-11-33(23)39(35,36)24-9-7-21(8-10-24)27(34)32(13-12-31-14-16-37-17-15-31)28-30-26-20(2)18-22(29)19-25(26)38-28/h7-10,18-19,23H,3-6,11-17H2,1-2H3. The van der Waals surface area contributed by atoms with E-state index in [0.717, 1.165) is 54.6 Å². The maximum Gasteiger partial charge on any atom is 0.260 e. The van der Waals surface area contributed by atoms with Crippen LogP contribution in [0, 0.1) is 6.92 Å². The molecule has 0 N–H and O–H groups in total. The van der Waals surface area contributed by atoms with Crippen molar-refractivity contribution in [3.63, 3.8) is 0 Å². The molecular formula is C28H35ClN4O4S2. The van der Waals surface area contributed by atoms with Crippen molar-refractivity contribution in [3.8, 4) is 0 Å². The summed E-state index contributed by atoms with van der Waals surface area (Å²) in [5, 5.41) is 1.24. The van der Waals surface area contributed by atoms with Crippen LogP contribution in [0.5, 0.6) is 0 Å². The molecule has 2 saturated heterocycles. The number of amides is 1. The van der Waals surface area contributed by atoms with Crippen LogP contribution in [-0.2, 0) is 14.8 Å². The molecule has 0 radical (unpaired) electrons. The van der Waals surface area contributed by atoms with Gasteiger partial charge in [0, 0.05) is 49.4 Å². The van der Waals surface area contributed by atoms with Crippen molar-refractivity contribution in [2.24, 2.45) is 0 Å². The molecule has 39 heavy (non-hydrogen) atoms. The molecule has 1 unspecified atom stereocenters. The summed E-state index contributed by atoms with van der Waals surface area (Å²) in [6.45, 7) is 8.67. The Morgan fingerprint density at radius 3 is 2.62 bits per heavy atom. The Morgan fingerprint density at radius 1 is 1.15 bits per heavy atom. The van der Waals surface area contributed by atoms with E-state index in [1.807, 2.05) is 26.0 Å². The predicted molar refractivity (Wildman–Crippen MR) is 157 cm³/mol. The lowest BCUT2D eigenvalue weighted by Crippen LogP contribution is -2.43. The largest absolute Gasteiger partial charge is 0.379 e. The minimum absolute atomic E-state index is 0.0248. The van der Waals surface area contributed by atoms with E-state index in [-0.39, 0.29) is 16.8 Å². The number of aryl methyl sites for hydroxylation is 1. The smallest absolute Gasteiger partial charge is 0.260 e. The van der Waals surface area contributed by atoms with Crippen LogP contribution in [0.15, 0.2) is 41.3 Å². The molecule has 2 aliphatic rings.